The number of alkyl halides is 2. The largest absolute Gasteiger partial charge is 0.337 e. The van der Waals surface area contributed by atoms with Crippen LogP contribution in [0, 0.1) is 0 Å². The topological polar surface area (TPSA) is 20.3 Å². The highest BCUT2D eigenvalue weighted by atomic mass is 19.3. The van der Waals surface area contributed by atoms with Crippen molar-refractivity contribution in [2.75, 3.05) is 13.6 Å². The molecule has 0 fully saturated rings. The fourth-order valence-electron chi connectivity index (χ4n) is 0.567. The van der Waals surface area contributed by atoms with Gasteiger partial charge in [0.1, 0.15) is 0 Å². The summed E-state index contributed by atoms with van der Waals surface area (Å²) in [7, 11) is 1.34. The molecule has 0 aliphatic carbocycles. The number of carbonyl (C=O) groups excluding carboxylic acids is 1. The van der Waals surface area contributed by atoms with E-state index in [0.29, 0.717) is 0 Å². The first-order valence-corrected chi connectivity index (χ1v) is 3.24. The molecule has 0 heterocycles. The van der Waals surface area contributed by atoms with Crippen molar-refractivity contribution in [3.05, 3.63) is 12.2 Å². The van der Waals surface area contributed by atoms with Crippen molar-refractivity contribution in [1.82, 2.24) is 4.90 Å². The summed E-state index contributed by atoms with van der Waals surface area (Å²) >= 11 is 0. The summed E-state index contributed by atoms with van der Waals surface area (Å²) in [6.07, 6.45) is 0.307. The summed E-state index contributed by atoms with van der Waals surface area (Å²) in [6.45, 7) is 1.15. The van der Waals surface area contributed by atoms with Crippen molar-refractivity contribution in [1.29, 1.82) is 0 Å². The number of allylic oxidation sites excluding steroid dienone is 1. The molecule has 0 spiro atoms. The lowest BCUT2D eigenvalue weighted by atomic mass is 10.4. The number of hydrogen-bond acceptors (Lipinski definition) is 1. The Bertz CT molecular complexity index is 157. The lowest BCUT2D eigenvalue weighted by Crippen LogP contribution is -2.29. The van der Waals surface area contributed by atoms with E-state index in [0.717, 1.165) is 4.90 Å². The van der Waals surface area contributed by atoms with Crippen LogP contribution in [-0.2, 0) is 4.79 Å². The number of halogens is 2. The minimum absolute atomic E-state index is 0.396. The summed E-state index contributed by atoms with van der Waals surface area (Å²) in [6, 6.07) is 0. The molecule has 0 aromatic rings. The van der Waals surface area contributed by atoms with Crippen LogP contribution in [0.2, 0.25) is 0 Å². The monoisotopic (exact) mass is 163 g/mol. The Balaban J connectivity index is 3.83. The fraction of sp³-hybridized carbons (Fsp3) is 0.571. The van der Waals surface area contributed by atoms with E-state index in [9.17, 15) is 13.6 Å². The number of carbonyl (C=O) groups is 1. The summed E-state index contributed by atoms with van der Waals surface area (Å²) in [5.74, 6) is -0.396. The Morgan fingerprint density at radius 2 is 2.18 bits per heavy atom. The maximum Gasteiger partial charge on any atom is 0.255 e. The maximum atomic E-state index is 11.7. The van der Waals surface area contributed by atoms with Gasteiger partial charge >= 0.3 is 0 Å². The van der Waals surface area contributed by atoms with Gasteiger partial charge in [-0.2, -0.15) is 0 Å². The standard InChI is InChI=1S/C7H11F2NO/c1-3-4-7(11)10(2)5-6(8)9/h3-4,6H,5H2,1-2H3/b4-3+. The van der Waals surface area contributed by atoms with Gasteiger partial charge in [0.2, 0.25) is 5.91 Å². The van der Waals surface area contributed by atoms with Gasteiger partial charge in [-0.05, 0) is 13.0 Å². The van der Waals surface area contributed by atoms with Crippen LogP contribution >= 0.6 is 0 Å². The lowest BCUT2D eigenvalue weighted by molar-refractivity contribution is -0.126. The molecule has 0 rings (SSSR count). The van der Waals surface area contributed by atoms with Gasteiger partial charge in [-0.3, -0.25) is 4.79 Å². The van der Waals surface area contributed by atoms with Crippen LogP contribution in [-0.4, -0.2) is 30.8 Å². The SMILES string of the molecule is C/C=C/C(=O)N(C)CC(F)F. The van der Waals surface area contributed by atoms with Crippen LogP contribution in [0.15, 0.2) is 12.2 Å². The van der Waals surface area contributed by atoms with Gasteiger partial charge in [-0.25, -0.2) is 8.78 Å². The summed E-state index contributed by atoms with van der Waals surface area (Å²) in [5, 5.41) is 0. The Morgan fingerprint density at radius 1 is 1.64 bits per heavy atom. The highest BCUT2D eigenvalue weighted by Gasteiger charge is 2.10. The minimum atomic E-state index is -2.46. The summed E-state index contributed by atoms with van der Waals surface area (Å²) in [5.41, 5.74) is 0. The van der Waals surface area contributed by atoms with Gasteiger partial charge in [0, 0.05) is 7.05 Å². The quantitative estimate of drug-likeness (QED) is 0.574. The zero-order valence-electron chi connectivity index (χ0n) is 6.55. The first-order chi connectivity index (χ1) is 5.07. The van der Waals surface area contributed by atoms with Gasteiger partial charge in [-0.1, -0.05) is 6.08 Å². The molecule has 0 radical (unpaired) electrons. The summed E-state index contributed by atoms with van der Waals surface area (Å²) in [4.78, 5) is 11.8. The number of amides is 1. The number of nitrogens with zero attached hydrogens (tertiary/aromatic N) is 1. The second-order valence-electron chi connectivity index (χ2n) is 2.11. The van der Waals surface area contributed by atoms with Crippen molar-refractivity contribution in [3.8, 4) is 0 Å². The molecule has 0 N–H and O–H groups in total. The van der Waals surface area contributed by atoms with E-state index < -0.39 is 18.9 Å². The molecule has 0 aliphatic heterocycles. The van der Waals surface area contributed by atoms with E-state index in [1.165, 1.54) is 19.2 Å². The fourth-order valence-corrected chi connectivity index (χ4v) is 0.567. The Morgan fingerprint density at radius 3 is 2.55 bits per heavy atom. The molecule has 0 saturated carbocycles. The third-order valence-electron chi connectivity index (χ3n) is 1.10. The van der Waals surface area contributed by atoms with Crippen molar-refractivity contribution in [2.24, 2.45) is 0 Å². The average molecular weight is 163 g/mol. The van der Waals surface area contributed by atoms with E-state index in [4.69, 9.17) is 0 Å². The molecule has 0 unspecified atom stereocenters. The summed E-state index contributed by atoms with van der Waals surface area (Å²) < 4.78 is 23.3. The number of likely N-dealkylation sites (N-methyl/N-ethyl adjacent to an activating group) is 1. The van der Waals surface area contributed by atoms with Crippen molar-refractivity contribution < 1.29 is 13.6 Å². The van der Waals surface area contributed by atoms with Gasteiger partial charge in [-0.15, -0.1) is 0 Å². The molecule has 0 aliphatic rings. The maximum absolute atomic E-state index is 11.7. The zero-order chi connectivity index (χ0) is 8.85. The predicted octanol–water partition coefficient (Wildman–Crippen LogP) is 1.29. The van der Waals surface area contributed by atoms with Crippen LogP contribution in [0.3, 0.4) is 0 Å². The van der Waals surface area contributed by atoms with E-state index in [-0.39, 0.29) is 0 Å². The predicted molar refractivity (Wildman–Crippen MR) is 38.5 cm³/mol. The molecule has 1 amide bonds. The molecule has 0 atom stereocenters. The molecular formula is C7H11F2NO. The molecule has 4 heteroatoms. The highest BCUT2D eigenvalue weighted by Crippen LogP contribution is 1.96. The highest BCUT2D eigenvalue weighted by molar-refractivity contribution is 5.87. The third-order valence-corrected chi connectivity index (χ3v) is 1.10. The Kier molecular flexibility index (Phi) is 4.41. The number of rotatable bonds is 3. The Labute approximate surface area is 64.5 Å². The smallest absolute Gasteiger partial charge is 0.255 e. The first-order valence-electron chi connectivity index (χ1n) is 3.24. The molecule has 64 valence electrons. The van der Waals surface area contributed by atoms with Crippen molar-refractivity contribution >= 4 is 5.91 Å². The van der Waals surface area contributed by atoms with Crippen LogP contribution in [0.25, 0.3) is 0 Å². The lowest BCUT2D eigenvalue weighted by Gasteiger charge is -2.13. The molecule has 0 aromatic heterocycles. The van der Waals surface area contributed by atoms with Gasteiger partial charge < -0.3 is 4.90 Å². The molecule has 11 heavy (non-hydrogen) atoms. The molecule has 2 nitrogen and oxygen atoms in total. The van der Waals surface area contributed by atoms with Crippen LogP contribution in [0.4, 0.5) is 8.78 Å². The normalized spacial score (nSPS) is 11.0. The van der Waals surface area contributed by atoms with E-state index >= 15 is 0 Å². The molecule has 0 bridgehead atoms. The van der Waals surface area contributed by atoms with Crippen LogP contribution in [0.5, 0.6) is 0 Å². The van der Waals surface area contributed by atoms with Crippen molar-refractivity contribution in [3.63, 3.8) is 0 Å². The van der Waals surface area contributed by atoms with E-state index in [1.54, 1.807) is 6.92 Å². The van der Waals surface area contributed by atoms with Crippen molar-refractivity contribution in [2.45, 2.75) is 13.3 Å². The third kappa shape index (κ3) is 4.47. The second-order valence-corrected chi connectivity index (χ2v) is 2.11. The molecule has 0 aromatic carbocycles. The van der Waals surface area contributed by atoms with E-state index in [1.807, 2.05) is 0 Å². The molecule has 0 saturated heterocycles. The van der Waals surface area contributed by atoms with Crippen LogP contribution in [0.1, 0.15) is 6.92 Å². The average Bonchev–Trinajstić information content (AvgIpc) is 1.86. The zero-order valence-corrected chi connectivity index (χ0v) is 6.55. The van der Waals surface area contributed by atoms with Gasteiger partial charge in [0.05, 0.1) is 6.54 Å². The Hall–Kier alpha value is -0.930. The first kappa shape index (κ1) is 10.1. The van der Waals surface area contributed by atoms with Crippen LogP contribution < -0.4 is 0 Å². The second kappa shape index (κ2) is 4.82. The van der Waals surface area contributed by atoms with E-state index in [2.05, 4.69) is 0 Å². The van der Waals surface area contributed by atoms with Gasteiger partial charge in [0.25, 0.3) is 6.43 Å². The number of hydrogen-bond donors (Lipinski definition) is 0. The minimum Gasteiger partial charge on any atom is -0.337 e. The molecular weight excluding hydrogens is 152 g/mol. The van der Waals surface area contributed by atoms with Gasteiger partial charge in [0.15, 0.2) is 0 Å².